The summed E-state index contributed by atoms with van der Waals surface area (Å²) < 4.78 is 0. The van der Waals surface area contributed by atoms with Gasteiger partial charge in [-0.15, -0.1) is 0 Å². The van der Waals surface area contributed by atoms with Crippen molar-refractivity contribution >= 4 is 23.4 Å². The van der Waals surface area contributed by atoms with Crippen molar-refractivity contribution < 1.29 is 9.59 Å². The number of carbonyl (C=O) groups is 2. The fraction of sp³-hybridized carbons (Fsp3) is 0.462. The molecule has 108 valence electrons. The molecule has 1 aliphatic rings. The Bertz CT molecular complexity index is 584. The Labute approximate surface area is 121 Å². The summed E-state index contributed by atoms with van der Waals surface area (Å²) in [4.78, 5) is 39.0. The summed E-state index contributed by atoms with van der Waals surface area (Å²) in [6.45, 7) is 3.23. The second kappa shape index (κ2) is 6.09. The van der Waals surface area contributed by atoms with E-state index in [1.807, 2.05) is 6.92 Å². The predicted molar refractivity (Wildman–Crippen MR) is 74.8 cm³/mol. The molecule has 1 atom stereocenters. The normalized spacial score (nSPS) is 18.4. The van der Waals surface area contributed by atoms with E-state index in [9.17, 15) is 14.4 Å². The first kappa shape index (κ1) is 14.6. The third-order valence-corrected chi connectivity index (χ3v) is 3.44. The van der Waals surface area contributed by atoms with Gasteiger partial charge in [0, 0.05) is 25.7 Å². The Morgan fingerprint density at radius 3 is 2.95 bits per heavy atom. The molecule has 1 saturated heterocycles. The number of nitrogens with zero attached hydrogens (tertiary/aromatic N) is 1. The topological polar surface area (TPSA) is 82.3 Å². The van der Waals surface area contributed by atoms with Gasteiger partial charge in [0.1, 0.15) is 5.02 Å². The number of carbonyl (C=O) groups excluding carboxylic acids is 2. The van der Waals surface area contributed by atoms with Crippen molar-refractivity contribution in [1.82, 2.24) is 15.2 Å². The molecular weight excluding hydrogens is 282 g/mol. The van der Waals surface area contributed by atoms with Crippen LogP contribution in [-0.4, -0.2) is 40.8 Å². The Balaban J connectivity index is 2.00. The van der Waals surface area contributed by atoms with Crippen molar-refractivity contribution in [3.63, 3.8) is 0 Å². The lowest BCUT2D eigenvalue weighted by Gasteiger charge is -2.16. The maximum Gasteiger partial charge on any atom is 0.266 e. The number of rotatable bonds is 4. The van der Waals surface area contributed by atoms with Crippen molar-refractivity contribution in [2.24, 2.45) is 0 Å². The van der Waals surface area contributed by atoms with Crippen LogP contribution in [0.25, 0.3) is 0 Å². The number of halogens is 1. The molecule has 0 aromatic carbocycles. The first-order valence-electron chi connectivity index (χ1n) is 6.48. The summed E-state index contributed by atoms with van der Waals surface area (Å²) in [5.41, 5.74) is -0.163. The lowest BCUT2D eigenvalue weighted by atomic mass is 10.2. The molecule has 1 aliphatic heterocycles. The molecule has 2 heterocycles. The minimum Gasteiger partial charge on any atom is -0.347 e. The van der Waals surface area contributed by atoms with E-state index < -0.39 is 5.56 Å². The molecule has 1 aromatic rings. The van der Waals surface area contributed by atoms with Gasteiger partial charge in [-0.1, -0.05) is 18.5 Å². The SMILES string of the molecule is CCCN1CC(NC(=O)c2c[nH]c(=O)c(Cl)c2)CC1=O. The van der Waals surface area contributed by atoms with Crippen molar-refractivity contribution in [3.8, 4) is 0 Å². The van der Waals surface area contributed by atoms with E-state index in [-0.39, 0.29) is 28.4 Å². The second-order valence-corrected chi connectivity index (χ2v) is 5.19. The van der Waals surface area contributed by atoms with Crippen LogP contribution in [0.15, 0.2) is 17.1 Å². The molecule has 0 spiro atoms. The first-order valence-corrected chi connectivity index (χ1v) is 6.86. The van der Waals surface area contributed by atoms with Gasteiger partial charge in [0.15, 0.2) is 0 Å². The van der Waals surface area contributed by atoms with E-state index in [0.29, 0.717) is 19.5 Å². The van der Waals surface area contributed by atoms with E-state index in [4.69, 9.17) is 11.6 Å². The van der Waals surface area contributed by atoms with Crippen molar-refractivity contribution in [3.05, 3.63) is 33.2 Å². The second-order valence-electron chi connectivity index (χ2n) is 4.78. The van der Waals surface area contributed by atoms with Crippen molar-refractivity contribution in [2.75, 3.05) is 13.1 Å². The largest absolute Gasteiger partial charge is 0.347 e. The van der Waals surface area contributed by atoms with Crippen LogP contribution in [0.3, 0.4) is 0 Å². The summed E-state index contributed by atoms with van der Waals surface area (Å²) in [7, 11) is 0. The van der Waals surface area contributed by atoms with Gasteiger partial charge in [-0.2, -0.15) is 0 Å². The van der Waals surface area contributed by atoms with Gasteiger partial charge in [-0.3, -0.25) is 14.4 Å². The summed E-state index contributed by atoms with van der Waals surface area (Å²) in [5.74, 6) is -0.295. The summed E-state index contributed by atoms with van der Waals surface area (Å²) in [6, 6.07) is 1.11. The molecule has 2 rings (SSSR count). The van der Waals surface area contributed by atoms with Crippen molar-refractivity contribution in [2.45, 2.75) is 25.8 Å². The minimum atomic E-state index is -0.437. The van der Waals surface area contributed by atoms with Crippen LogP contribution in [0, 0.1) is 0 Å². The van der Waals surface area contributed by atoms with E-state index in [1.54, 1.807) is 4.90 Å². The highest BCUT2D eigenvalue weighted by Crippen LogP contribution is 2.12. The Hall–Kier alpha value is -1.82. The molecule has 0 bridgehead atoms. The summed E-state index contributed by atoms with van der Waals surface area (Å²) >= 11 is 5.68. The average molecular weight is 298 g/mol. The number of pyridine rings is 1. The Kier molecular flexibility index (Phi) is 4.44. The molecule has 1 fully saturated rings. The zero-order valence-corrected chi connectivity index (χ0v) is 11.9. The van der Waals surface area contributed by atoms with Gasteiger partial charge < -0.3 is 15.2 Å². The Morgan fingerprint density at radius 1 is 1.55 bits per heavy atom. The molecule has 2 N–H and O–H groups in total. The number of hydrogen-bond donors (Lipinski definition) is 2. The zero-order chi connectivity index (χ0) is 14.7. The summed E-state index contributed by atoms with van der Waals surface area (Å²) in [6.07, 6.45) is 2.51. The van der Waals surface area contributed by atoms with E-state index in [1.165, 1.54) is 12.3 Å². The first-order chi connectivity index (χ1) is 9.51. The van der Waals surface area contributed by atoms with Crippen LogP contribution in [0.4, 0.5) is 0 Å². The van der Waals surface area contributed by atoms with Gasteiger partial charge in [0.2, 0.25) is 5.91 Å². The average Bonchev–Trinajstić information content (AvgIpc) is 2.73. The monoisotopic (exact) mass is 297 g/mol. The van der Waals surface area contributed by atoms with E-state index in [0.717, 1.165) is 6.42 Å². The molecule has 0 aliphatic carbocycles. The fourth-order valence-corrected chi connectivity index (χ4v) is 2.38. The van der Waals surface area contributed by atoms with Gasteiger partial charge in [0.05, 0.1) is 11.6 Å². The van der Waals surface area contributed by atoms with Crippen molar-refractivity contribution in [1.29, 1.82) is 0 Å². The lowest BCUT2D eigenvalue weighted by molar-refractivity contribution is -0.127. The maximum atomic E-state index is 12.0. The number of H-pyrrole nitrogens is 1. The van der Waals surface area contributed by atoms with Crippen LogP contribution in [0.2, 0.25) is 5.02 Å². The number of aromatic nitrogens is 1. The molecule has 0 radical (unpaired) electrons. The Morgan fingerprint density at radius 2 is 2.30 bits per heavy atom. The fourth-order valence-electron chi connectivity index (χ4n) is 2.21. The molecule has 7 heteroatoms. The highest BCUT2D eigenvalue weighted by Gasteiger charge is 2.30. The van der Waals surface area contributed by atoms with E-state index in [2.05, 4.69) is 10.3 Å². The number of nitrogens with one attached hydrogen (secondary N) is 2. The quantitative estimate of drug-likeness (QED) is 0.861. The maximum absolute atomic E-state index is 12.0. The standard InChI is InChI=1S/C13H16ClN3O3/c1-2-3-17-7-9(5-11(17)18)16-12(19)8-4-10(14)13(20)15-6-8/h4,6,9H,2-3,5,7H2,1H3,(H,15,20)(H,16,19). The lowest BCUT2D eigenvalue weighted by Crippen LogP contribution is -2.37. The molecule has 1 unspecified atom stereocenters. The number of hydrogen-bond acceptors (Lipinski definition) is 3. The highest BCUT2D eigenvalue weighted by molar-refractivity contribution is 6.30. The molecule has 20 heavy (non-hydrogen) atoms. The number of aromatic amines is 1. The predicted octanol–water partition coefficient (Wildman–Crippen LogP) is 0.769. The molecule has 6 nitrogen and oxygen atoms in total. The van der Waals surface area contributed by atoms with Gasteiger partial charge >= 0.3 is 0 Å². The van der Waals surface area contributed by atoms with Crippen LogP contribution < -0.4 is 10.9 Å². The van der Waals surface area contributed by atoms with Gasteiger partial charge in [-0.25, -0.2) is 0 Å². The third kappa shape index (κ3) is 3.19. The molecule has 2 amide bonds. The molecule has 0 saturated carbocycles. The van der Waals surface area contributed by atoms with Crippen LogP contribution in [-0.2, 0) is 4.79 Å². The third-order valence-electron chi connectivity index (χ3n) is 3.16. The summed E-state index contributed by atoms with van der Waals surface area (Å²) in [5, 5.41) is 2.74. The molecular formula is C13H16ClN3O3. The van der Waals surface area contributed by atoms with Crippen LogP contribution >= 0.6 is 11.6 Å². The van der Waals surface area contributed by atoms with Crippen LogP contribution in [0.1, 0.15) is 30.1 Å². The van der Waals surface area contributed by atoms with Gasteiger partial charge in [0.25, 0.3) is 11.5 Å². The minimum absolute atomic E-state index is 0.0345. The zero-order valence-electron chi connectivity index (χ0n) is 11.1. The molecule has 1 aromatic heterocycles. The smallest absolute Gasteiger partial charge is 0.266 e. The van der Waals surface area contributed by atoms with Gasteiger partial charge in [-0.05, 0) is 12.5 Å². The van der Waals surface area contributed by atoms with E-state index >= 15 is 0 Å². The number of likely N-dealkylation sites (tertiary alicyclic amines) is 1. The van der Waals surface area contributed by atoms with Crippen LogP contribution in [0.5, 0.6) is 0 Å². The highest BCUT2D eigenvalue weighted by atomic mass is 35.5. The number of amides is 2.